The van der Waals surface area contributed by atoms with Crippen molar-refractivity contribution in [3.05, 3.63) is 42.1 Å². The van der Waals surface area contributed by atoms with E-state index in [9.17, 15) is 4.79 Å². The number of para-hydroxylation sites is 1. The van der Waals surface area contributed by atoms with Crippen molar-refractivity contribution in [3.8, 4) is 0 Å². The highest BCUT2D eigenvalue weighted by Crippen LogP contribution is 2.18. The standard InChI is InChI=1S/C12H10N6O/c19-11(14-12-15-17-18-16-12)6-5-8-7-13-10-4-2-1-3-9(8)10/h1-7,13H,(H2,14,15,16,17,18,19). The summed E-state index contributed by atoms with van der Waals surface area (Å²) in [6.07, 6.45) is 5.00. The number of carbonyl (C=O) groups excluding carboxylic acids is 1. The quantitative estimate of drug-likeness (QED) is 0.614. The van der Waals surface area contributed by atoms with E-state index in [0.29, 0.717) is 0 Å². The fourth-order valence-electron chi connectivity index (χ4n) is 1.76. The Kier molecular flexibility index (Phi) is 2.77. The maximum atomic E-state index is 11.6. The molecule has 3 rings (SSSR count). The van der Waals surface area contributed by atoms with E-state index in [1.54, 1.807) is 6.08 Å². The van der Waals surface area contributed by atoms with E-state index < -0.39 is 0 Å². The van der Waals surface area contributed by atoms with Crippen molar-refractivity contribution in [3.63, 3.8) is 0 Å². The number of nitrogens with one attached hydrogen (secondary N) is 3. The molecule has 1 amide bonds. The highest BCUT2D eigenvalue weighted by molar-refractivity contribution is 6.02. The van der Waals surface area contributed by atoms with Gasteiger partial charge in [0.1, 0.15) is 0 Å². The van der Waals surface area contributed by atoms with Crippen LogP contribution in [0.1, 0.15) is 5.56 Å². The molecule has 2 aromatic heterocycles. The molecule has 0 spiro atoms. The molecule has 7 heteroatoms. The van der Waals surface area contributed by atoms with Gasteiger partial charge in [0.05, 0.1) is 0 Å². The van der Waals surface area contributed by atoms with Gasteiger partial charge in [-0.05, 0) is 22.9 Å². The molecule has 3 N–H and O–H groups in total. The van der Waals surface area contributed by atoms with Gasteiger partial charge in [-0.3, -0.25) is 10.1 Å². The highest BCUT2D eigenvalue weighted by Gasteiger charge is 2.03. The number of fused-ring (bicyclic) bond motifs is 1. The molecule has 0 aliphatic rings. The first kappa shape index (κ1) is 11.1. The molecule has 1 aromatic carbocycles. The maximum Gasteiger partial charge on any atom is 0.270 e. The highest BCUT2D eigenvalue weighted by atomic mass is 16.1. The normalized spacial score (nSPS) is 11.2. The number of carbonyl (C=O) groups is 1. The summed E-state index contributed by atoms with van der Waals surface area (Å²) in [5, 5.41) is 16.4. The van der Waals surface area contributed by atoms with E-state index in [2.05, 4.69) is 30.9 Å². The molecule has 0 fully saturated rings. The minimum Gasteiger partial charge on any atom is -0.361 e. The van der Waals surface area contributed by atoms with Gasteiger partial charge < -0.3 is 4.98 Å². The zero-order valence-electron chi connectivity index (χ0n) is 9.79. The molecule has 0 bridgehead atoms. The van der Waals surface area contributed by atoms with Crippen molar-refractivity contribution in [2.45, 2.75) is 0 Å². The lowest BCUT2D eigenvalue weighted by molar-refractivity contribution is -0.111. The molecule has 94 valence electrons. The number of benzene rings is 1. The lowest BCUT2D eigenvalue weighted by atomic mass is 10.1. The second-order valence-corrected chi connectivity index (χ2v) is 3.85. The van der Waals surface area contributed by atoms with Gasteiger partial charge in [-0.2, -0.15) is 5.21 Å². The Morgan fingerprint density at radius 1 is 1.32 bits per heavy atom. The van der Waals surface area contributed by atoms with Crippen LogP contribution in [0.2, 0.25) is 0 Å². The van der Waals surface area contributed by atoms with Crippen LogP contribution in [0.5, 0.6) is 0 Å². The molecule has 0 unspecified atom stereocenters. The average molecular weight is 254 g/mol. The number of hydrogen-bond donors (Lipinski definition) is 3. The van der Waals surface area contributed by atoms with Crippen LogP contribution in [0, 0.1) is 0 Å². The summed E-state index contributed by atoms with van der Waals surface area (Å²) in [6.45, 7) is 0. The number of tetrazole rings is 1. The zero-order valence-corrected chi connectivity index (χ0v) is 9.79. The maximum absolute atomic E-state index is 11.6. The molecule has 19 heavy (non-hydrogen) atoms. The number of hydrogen-bond acceptors (Lipinski definition) is 4. The molecule has 0 atom stereocenters. The molecular formula is C12H10N6O. The van der Waals surface area contributed by atoms with Crippen LogP contribution in [0.4, 0.5) is 5.95 Å². The van der Waals surface area contributed by atoms with Gasteiger partial charge in [0.15, 0.2) is 0 Å². The van der Waals surface area contributed by atoms with Crippen molar-refractivity contribution in [2.75, 3.05) is 5.32 Å². The van der Waals surface area contributed by atoms with Crippen LogP contribution < -0.4 is 5.32 Å². The van der Waals surface area contributed by atoms with Gasteiger partial charge in [-0.15, -0.1) is 5.10 Å². The van der Waals surface area contributed by atoms with E-state index in [1.807, 2.05) is 30.5 Å². The summed E-state index contributed by atoms with van der Waals surface area (Å²) < 4.78 is 0. The van der Waals surface area contributed by atoms with E-state index in [-0.39, 0.29) is 11.9 Å². The predicted octanol–water partition coefficient (Wildman–Crippen LogP) is 1.33. The summed E-state index contributed by atoms with van der Waals surface area (Å²) in [6, 6.07) is 7.87. The second-order valence-electron chi connectivity index (χ2n) is 3.85. The first-order valence-corrected chi connectivity index (χ1v) is 5.61. The summed E-state index contributed by atoms with van der Waals surface area (Å²) in [5.41, 5.74) is 1.97. The van der Waals surface area contributed by atoms with E-state index in [4.69, 9.17) is 0 Å². The first-order chi connectivity index (χ1) is 9.33. The smallest absolute Gasteiger partial charge is 0.270 e. The molecule has 0 saturated heterocycles. The molecule has 3 aromatic rings. The molecule has 0 aliphatic carbocycles. The Hall–Kier alpha value is -2.96. The van der Waals surface area contributed by atoms with E-state index in [1.165, 1.54) is 6.08 Å². The van der Waals surface area contributed by atoms with Crippen LogP contribution >= 0.6 is 0 Å². The number of rotatable bonds is 3. The predicted molar refractivity (Wildman–Crippen MR) is 70.1 cm³/mol. The summed E-state index contributed by atoms with van der Waals surface area (Å²) in [4.78, 5) is 14.7. The summed E-state index contributed by atoms with van der Waals surface area (Å²) in [5.74, 6) is -0.166. The van der Waals surface area contributed by atoms with Gasteiger partial charge in [-0.25, -0.2) is 0 Å². The summed E-state index contributed by atoms with van der Waals surface area (Å²) >= 11 is 0. The van der Waals surface area contributed by atoms with Gasteiger partial charge in [-0.1, -0.05) is 23.3 Å². The summed E-state index contributed by atoms with van der Waals surface area (Å²) in [7, 11) is 0. The number of aromatic amines is 2. The van der Waals surface area contributed by atoms with Crippen molar-refractivity contribution >= 4 is 28.8 Å². The second kappa shape index (κ2) is 4.73. The first-order valence-electron chi connectivity index (χ1n) is 5.61. The number of nitrogens with zero attached hydrogens (tertiary/aromatic N) is 3. The van der Waals surface area contributed by atoms with Crippen LogP contribution in [0.15, 0.2) is 36.5 Å². The number of anilines is 1. The third-order valence-electron chi connectivity index (χ3n) is 2.62. The lowest BCUT2D eigenvalue weighted by Gasteiger charge is -1.93. The Labute approximate surface area is 107 Å². The Morgan fingerprint density at radius 2 is 2.21 bits per heavy atom. The minimum absolute atomic E-state index is 0.147. The van der Waals surface area contributed by atoms with Gasteiger partial charge >= 0.3 is 0 Å². The van der Waals surface area contributed by atoms with Crippen LogP contribution in [-0.4, -0.2) is 31.5 Å². The van der Waals surface area contributed by atoms with E-state index in [0.717, 1.165) is 16.5 Å². The van der Waals surface area contributed by atoms with Crippen molar-refractivity contribution in [2.24, 2.45) is 0 Å². The van der Waals surface area contributed by atoms with Crippen LogP contribution in [0.3, 0.4) is 0 Å². The van der Waals surface area contributed by atoms with Crippen molar-refractivity contribution in [1.82, 2.24) is 25.6 Å². The van der Waals surface area contributed by atoms with Crippen molar-refractivity contribution < 1.29 is 4.79 Å². The fraction of sp³-hybridized carbons (Fsp3) is 0. The third kappa shape index (κ3) is 2.34. The Balaban J connectivity index is 1.77. The molecular weight excluding hydrogens is 244 g/mol. The van der Waals surface area contributed by atoms with Crippen LogP contribution in [-0.2, 0) is 4.79 Å². The molecule has 0 radical (unpaired) electrons. The minimum atomic E-state index is -0.313. The monoisotopic (exact) mass is 254 g/mol. The SMILES string of the molecule is O=C(C=Cc1c[nH]c2ccccc12)Nc1nn[nH]n1. The molecule has 7 nitrogen and oxygen atoms in total. The van der Waals surface area contributed by atoms with Crippen molar-refractivity contribution in [1.29, 1.82) is 0 Å². The fourth-order valence-corrected chi connectivity index (χ4v) is 1.76. The number of amides is 1. The lowest BCUT2D eigenvalue weighted by Crippen LogP contribution is -2.09. The number of aromatic nitrogens is 5. The molecule has 2 heterocycles. The zero-order chi connectivity index (χ0) is 13.1. The van der Waals surface area contributed by atoms with Gasteiger partial charge in [0.25, 0.3) is 11.9 Å². The van der Waals surface area contributed by atoms with Gasteiger partial charge in [0, 0.05) is 23.2 Å². The Morgan fingerprint density at radius 3 is 3.05 bits per heavy atom. The largest absolute Gasteiger partial charge is 0.361 e. The molecule has 0 saturated carbocycles. The topological polar surface area (TPSA) is 99.4 Å². The average Bonchev–Trinajstić information content (AvgIpc) is 3.05. The Bertz CT molecular complexity index is 728. The third-order valence-corrected chi connectivity index (χ3v) is 2.62. The van der Waals surface area contributed by atoms with E-state index >= 15 is 0 Å². The number of H-pyrrole nitrogens is 2. The molecule has 0 aliphatic heterocycles. The van der Waals surface area contributed by atoms with Crippen LogP contribution in [0.25, 0.3) is 17.0 Å². The van der Waals surface area contributed by atoms with Gasteiger partial charge in [0.2, 0.25) is 0 Å².